The molecule has 1 atom stereocenters. The van der Waals surface area contributed by atoms with Crippen molar-refractivity contribution < 1.29 is 4.92 Å². The van der Waals surface area contributed by atoms with Crippen LogP contribution >= 0.6 is 0 Å². The zero-order valence-electron chi connectivity index (χ0n) is 10.2. The molecule has 0 saturated carbocycles. The molecule has 0 saturated heterocycles. The van der Waals surface area contributed by atoms with Gasteiger partial charge in [-0.1, -0.05) is 25.8 Å². The summed E-state index contributed by atoms with van der Waals surface area (Å²) in [6.07, 6.45) is 5.37. The standard InChI is InChI=1S/C13H13N3O2/c1-4-11(9(2)3)15-12-7-5-6-10(8-14)13(12)16(17)18/h1,5-7,9,11,15H,2-3H3. The lowest BCUT2D eigenvalue weighted by Crippen LogP contribution is -2.24. The van der Waals surface area contributed by atoms with Crippen molar-refractivity contribution in [3.05, 3.63) is 33.9 Å². The number of nitriles is 1. The van der Waals surface area contributed by atoms with Gasteiger partial charge in [0.2, 0.25) is 0 Å². The fraction of sp³-hybridized carbons (Fsp3) is 0.308. The smallest absolute Gasteiger partial charge is 0.309 e. The molecule has 1 N–H and O–H groups in total. The highest BCUT2D eigenvalue weighted by Gasteiger charge is 2.21. The van der Waals surface area contributed by atoms with Gasteiger partial charge in [0.25, 0.3) is 0 Å². The van der Waals surface area contributed by atoms with E-state index in [2.05, 4.69) is 11.2 Å². The fourth-order valence-electron chi connectivity index (χ4n) is 1.52. The SMILES string of the molecule is C#CC(Nc1cccc(C#N)c1[N+](=O)[O-])C(C)C. The van der Waals surface area contributed by atoms with Crippen LogP contribution in [0.3, 0.4) is 0 Å². The molecule has 5 nitrogen and oxygen atoms in total. The molecule has 0 spiro atoms. The number of rotatable bonds is 4. The Bertz CT molecular complexity index is 538. The number of para-hydroxylation sites is 1. The minimum absolute atomic E-state index is 0.0181. The van der Waals surface area contributed by atoms with E-state index in [0.29, 0.717) is 0 Å². The highest BCUT2D eigenvalue weighted by molar-refractivity contribution is 5.69. The van der Waals surface area contributed by atoms with E-state index in [4.69, 9.17) is 11.7 Å². The van der Waals surface area contributed by atoms with Crippen molar-refractivity contribution in [3.8, 4) is 18.4 Å². The highest BCUT2D eigenvalue weighted by Crippen LogP contribution is 2.29. The molecule has 92 valence electrons. The van der Waals surface area contributed by atoms with E-state index < -0.39 is 4.92 Å². The quantitative estimate of drug-likeness (QED) is 0.500. The third-order valence-electron chi connectivity index (χ3n) is 2.50. The first-order chi connectivity index (χ1) is 8.51. The number of nitro benzene ring substituents is 1. The molecule has 1 unspecified atom stereocenters. The average Bonchev–Trinajstić information content (AvgIpc) is 2.34. The first-order valence-electron chi connectivity index (χ1n) is 5.41. The zero-order chi connectivity index (χ0) is 13.7. The molecule has 1 aromatic carbocycles. The van der Waals surface area contributed by atoms with Crippen molar-refractivity contribution in [1.29, 1.82) is 5.26 Å². The van der Waals surface area contributed by atoms with Gasteiger partial charge in [0.15, 0.2) is 0 Å². The van der Waals surface area contributed by atoms with E-state index in [-0.39, 0.29) is 28.9 Å². The number of hydrogen-bond donors (Lipinski definition) is 1. The topological polar surface area (TPSA) is 79.0 Å². The number of benzene rings is 1. The van der Waals surface area contributed by atoms with Gasteiger partial charge in [0.1, 0.15) is 17.3 Å². The minimum atomic E-state index is -0.575. The summed E-state index contributed by atoms with van der Waals surface area (Å²) >= 11 is 0. The molecule has 5 heteroatoms. The van der Waals surface area contributed by atoms with Gasteiger partial charge in [-0.2, -0.15) is 5.26 Å². The summed E-state index contributed by atoms with van der Waals surface area (Å²) in [4.78, 5) is 10.4. The average molecular weight is 243 g/mol. The molecule has 1 rings (SSSR count). The van der Waals surface area contributed by atoms with Crippen LogP contribution in [0.25, 0.3) is 0 Å². The molecule has 1 aromatic rings. The van der Waals surface area contributed by atoms with Crippen LogP contribution < -0.4 is 5.32 Å². The Morgan fingerprint density at radius 2 is 2.17 bits per heavy atom. The molecule has 0 fully saturated rings. The van der Waals surface area contributed by atoms with Crippen LogP contribution in [0.4, 0.5) is 11.4 Å². The fourth-order valence-corrected chi connectivity index (χ4v) is 1.52. The van der Waals surface area contributed by atoms with Crippen LogP contribution in [-0.2, 0) is 0 Å². The molecular formula is C13H13N3O2. The van der Waals surface area contributed by atoms with E-state index in [1.165, 1.54) is 6.07 Å². The molecule has 0 heterocycles. The van der Waals surface area contributed by atoms with E-state index in [1.54, 1.807) is 18.2 Å². The maximum absolute atomic E-state index is 11.0. The summed E-state index contributed by atoms with van der Waals surface area (Å²) in [6, 6.07) is 6.02. The summed E-state index contributed by atoms with van der Waals surface area (Å²) in [6.45, 7) is 3.83. The lowest BCUT2D eigenvalue weighted by molar-refractivity contribution is -0.384. The number of terminal acetylenes is 1. The van der Waals surface area contributed by atoms with Crippen molar-refractivity contribution in [1.82, 2.24) is 0 Å². The number of nitrogens with zero attached hydrogens (tertiary/aromatic N) is 2. The lowest BCUT2D eigenvalue weighted by Gasteiger charge is -2.17. The Labute approximate surface area is 106 Å². The summed E-state index contributed by atoms with van der Waals surface area (Å²) in [5.41, 5.74) is 0.0566. The maximum Gasteiger partial charge on any atom is 0.309 e. The number of nitrogens with one attached hydrogen (secondary N) is 1. The van der Waals surface area contributed by atoms with Gasteiger partial charge < -0.3 is 5.32 Å². The normalized spacial score (nSPS) is 11.4. The van der Waals surface area contributed by atoms with E-state index >= 15 is 0 Å². The second-order valence-corrected chi connectivity index (χ2v) is 4.10. The summed E-state index contributed by atoms with van der Waals surface area (Å²) in [5.74, 6) is 2.66. The van der Waals surface area contributed by atoms with Gasteiger partial charge in [0.05, 0.1) is 11.0 Å². The Hall–Kier alpha value is -2.53. The Kier molecular flexibility index (Phi) is 4.28. The highest BCUT2D eigenvalue weighted by atomic mass is 16.6. The van der Waals surface area contributed by atoms with Crippen molar-refractivity contribution in [2.45, 2.75) is 19.9 Å². The summed E-state index contributed by atoms with van der Waals surface area (Å²) < 4.78 is 0. The van der Waals surface area contributed by atoms with Crippen LogP contribution in [0.1, 0.15) is 19.4 Å². The molecule has 0 radical (unpaired) electrons. The van der Waals surface area contributed by atoms with E-state index in [9.17, 15) is 10.1 Å². The van der Waals surface area contributed by atoms with Gasteiger partial charge in [-0.3, -0.25) is 10.1 Å². The van der Waals surface area contributed by atoms with E-state index in [1.807, 2.05) is 13.8 Å². The van der Waals surface area contributed by atoms with Crippen LogP contribution in [0, 0.1) is 39.7 Å². The second-order valence-electron chi connectivity index (χ2n) is 4.10. The number of nitro groups is 1. The molecule has 0 aliphatic carbocycles. The second kappa shape index (κ2) is 5.70. The molecule has 0 bridgehead atoms. The van der Waals surface area contributed by atoms with Crippen molar-refractivity contribution in [2.75, 3.05) is 5.32 Å². The zero-order valence-corrected chi connectivity index (χ0v) is 10.2. The Morgan fingerprint density at radius 1 is 1.50 bits per heavy atom. The minimum Gasteiger partial charge on any atom is -0.366 e. The van der Waals surface area contributed by atoms with Crippen LogP contribution in [-0.4, -0.2) is 11.0 Å². The van der Waals surface area contributed by atoms with Gasteiger partial charge >= 0.3 is 5.69 Å². The molecule has 18 heavy (non-hydrogen) atoms. The molecule has 0 aromatic heterocycles. The number of hydrogen-bond acceptors (Lipinski definition) is 4. The van der Waals surface area contributed by atoms with E-state index in [0.717, 1.165) is 0 Å². The third-order valence-corrected chi connectivity index (χ3v) is 2.50. The maximum atomic E-state index is 11.0. The van der Waals surface area contributed by atoms with Gasteiger partial charge in [-0.15, -0.1) is 6.42 Å². The molecule has 0 aliphatic rings. The first kappa shape index (κ1) is 13.5. The summed E-state index contributed by atoms with van der Waals surface area (Å²) in [7, 11) is 0. The monoisotopic (exact) mass is 243 g/mol. The van der Waals surface area contributed by atoms with Crippen molar-refractivity contribution >= 4 is 11.4 Å². The third kappa shape index (κ3) is 2.78. The largest absolute Gasteiger partial charge is 0.366 e. The van der Waals surface area contributed by atoms with Crippen LogP contribution in [0.2, 0.25) is 0 Å². The van der Waals surface area contributed by atoms with Crippen molar-refractivity contribution in [2.24, 2.45) is 5.92 Å². The predicted octanol–water partition coefficient (Wildman–Crippen LogP) is 2.54. The lowest BCUT2D eigenvalue weighted by atomic mass is 10.0. The predicted molar refractivity (Wildman–Crippen MR) is 68.9 cm³/mol. The molecular weight excluding hydrogens is 230 g/mol. The van der Waals surface area contributed by atoms with Gasteiger partial charge in [-0.25, -0.2) is 0 Å². The van der Waals surface area contributed by atoms with Crippen LogP contribution in [0.15, 0.2) is 18.2 Å². The first-order valence-corrected chi connectivity index (χ1v) is 5.41. The Morgan fingerprint density at radius 3 is 2.61 bits per heavy atom. The van der Waals surface area contributed by atoms with Gasteiger partial charge in [0, 0.05) is 0 Å². The molecule has 0 aliphatic heterocycles. The van der Waals surface area contributed by atoms with Crippen molar-refractivity contribution in [3.63, 3.8) is 0 Å². The molecule has 0 amide bonds. The number of anilines is 1. The summed E-state index contributed by atoms with van der Waals surface area (Å²) in [5, 5.41) is 22.8. The van der Waals surface area contributed by atoms with Gasteiger partial charge in [-0.05, 0) is 18.1 Å². The Balaban J connectivity index is 3.22. The van der Waals surface area contributed by atoms with Crippen LogP contribution in [0.5, 0.6) is 0 Å².